The highest BCUT2D eigenvalue weighted by atomic mass is 19.4. The number of aromatic nitrogens is 4. The van der Waals surface area contributed by atoms with Crippen LogP contribution in [0, 0.1) is 11.6 Å². The number of hydrogen-bond donors (Lipinski definition) is 1. The summed E-state index contributed by atoms with van der Waals surface area (Å²) in [6.45, 7) is 2.71. The molecule has 3 aromatic rings. The molecule has 8 nitrogen and oxygen atoms in total. The highest BCUT2D eigenvalue weighted by Crippen LogP contribution is 2.41. The maximum atomic E-state index is 14.6. The van der Waals surface area contributed by atoms with Crippen molar-refractivity contribution in [1.29, 1.82) is 0 Å². The smallest absolute Gasteiger partial charge is 0.419 e. The second-order valence-electron chi connectivity index (χ2n) is 8.17. The number of hydrogen-bond acceptors (Lipinski definition) is 6. The number of phenols is 1. The van der Waals surface area contributed by atoms with E-state index in [0.717, 1.165) is 0 Å². The molecule has 0 unspecified atom stereocenters. The standard InChI is InChI=1S/C21H21F5N6O2/c1-10(33)32-6-4-11(5-7-32)30(2)20-27-9-13-17(29-31(3)19(13)28-20)12-8-14(21(24,25)26)16(23)18(34)15(12)22/h8-9,11,34H,4-7H2,1-3H3. The zero-order valence-corrected chi connectivity index (χ0v) is 18.5. The molecule has 1 N–H and O–H groups in total. The Bertz CT molecular complexity index is 1270. The van der Waals surface area contributed by atoms with Gasteiger partial charge in [-0.1, -0.05) is 0 Å². The van der Waals surface area contributed by atoms with Gasteiger partial charge in [0.25, 0.3) is 0 Å². The second-order valence-corrected chi connectivity index (χ2v) is 8.17. The summed E-state index contributed by atoms with van der Waals surface area (Å²) in [5.74, 6) is -5.07. The van der Waals surface area contributed by atoms with Crippen molar-refractivity contribution in [3.8, 4) is 17.0 Å². The summed E-state index contributed by atoms with van der Waals surface area (Å²) in [6, 6.07) is 0.330. The molecular formula is C21H21F5N6O2. The van der Waals surface area contributed by atoms with Crippen molar-refractivity contribution >= 4 is 22.9 Å². The van der Waals surface area contributed by atoms with Crippen LogP contribution in [0.3, 0.4) is 0 Å². The number of fused-ring (bicyclic) bond motifs is 1. The van der Waals surface area contributed by atoms with Crippen molar-refractivity contribution in [2.24, 2.45) is 7.05 Å². The van der Waals surface area contributed by atoms with E-state index in [1.807, 2.05) is 4.90 Å². The van der Waals surface area contributed by atoms with Gasteiger partial charge in [-0.05, 0) is 18.9 Å². The van der Waals surface area contributed by atoms with E-state index in [4.69, 9.17) is 0 Å². The monoisotopic (exact) mass is 484 g/mol. The number of rotatable bonds is 3. The summed E-state index contributed by atoms with van der Waals surface area (Å²) in [4.78, 5) is 23.9. The van der Waals surface area contributed by atoms with Crippen molar-refractivity contribution in [2.75, 3.05) is 25.0 Å². The molecular weight excluding hydrogens is 463 g/mol. The molecule has 34 heavy (non-hydrogen) atoms. The minimum absolute atomic E-state index is 0.00827. The van der Waals surface area contributed by atoms with Crippen molar-refractivity contribution < 1.29 is 31.9 Å². The number of amides is 1. The topological polar surface area (TPSA) is 87.4 Å². The van der Waals surface area contributed by atoms with Crippen LogP contribution < -0.4 is 4.90 Å². The Balaban J connectivity index is 1.72. The Labute approximate surface area is 190 Å². The van der Waals surface area contributed by atoms with Crippen molar-refractivity contribution in [3.05, 3.63) is 29.5 Å². The first-order valence-electron chi connectivity index (χ1n) is 10.4. The molecule has 0 atom stereocenters. The summed E-state index contributed by atoms with van der Waals surface area (Å²) in [5.41, 5.74) is -2.59. The quantitative estimate of drug-likeness (QED) is 0.573. The number of carbonyl (C=O) groups excluding carboxylic acids is 1. The number of piperidine rings is 1. The average molecular weight is 484 g/mol. The first-order valence-corrected chi connectivity index (χ1v) is 10.4. The van der Waals surface area contributed by atoms with Gasteiger partial charge in [-0.2, -0.15) is 23.3 Å². The fourth-order valence-electron chi connectivity index (χ4n) is 4.13. The Morgan fingerprint density at radius 3 is 2.44 bits per heavy atom. The third kappa shape index (κ3) is 3.99. The van der Waals surface area contributed by atoms with Crippen molar-refractivity contribution in [2.45, 2.75) is 32.0 Å². The minimum Gasteiger partial charge on any atom is -0.503 e. The Morgan fingerprint density at radius 1 is 1.21 bits per heavy atom. The van der Waals surface area contributed by atoms with E-state index in [0.29, 0.717) is 31.9 Å². The van der Waals surface area contributed by atoms with Crippen molar-refractivity contribution in [1.82, 2.24) is 24.6 Å². The van der Waals surface area contributed by atoms with Crippen LogP contribution in [0.25, 0.3) is 22.3 Å². The van der Waals surface area contributed by atoms with Gasteiger partial charge < -0.3 is 14.9 Å². The molecule has 0 aliphatic carbocycles. The molecule has 1 saturated heterocycles. The normalized spacial score (nSPS) is 15.2. The number of nitrogens with zero attached hydrogens (tertiary/aromatic N) is 6. The van der Waals surface area contributed by atoms with E-state index in [-0.39, 0.29) is 34.7 Å². The first-order chi connectivity index (χ1) is 15.9. The Hall–Kier alpha value is -3.51. The van der Waals surface area contributed by atoms with E-state index in [2.05, 4.69) is 15.1 Å². The van der Waals surface area contributed by atoms with Gasteiger partial charge in [0.2, 0.25) is 11.9 Å². The third-order valence-electron chi connectivity index (χ3n) is 6.08. The van der Waals surface area contributed by atoms with Crippen LogP contribution in [0.15, 0.2) is 12.3 Å². The number of aromatic hydroxyl groups is 1. The molecule has 1 aliphatic heterocycles. The van der Waals surface area contributed by atoms with Gasteiger partial charge in [-0.3, -0.25) is 4.79 Å². The molecule has 0 saturated carbocycles. The van der Waals surface area contributed by atoms with Crippen LogP contribution in [0.1, 0.15) is 25.3 Å². The highest BCUT2D eigenvalue weighted by molar-refractivity contribution is 5.91. The fraction of sp³-hybridized carbons (Fsp3) is 0.429. The lowest BCUT2D eigenvalue weighted by molar-refractivity contribution is -0.140. The number of anilines is 1. The van der Waals surface area contributed by atoms with E-state index in [9.17, 15) is 31.9 Å². The first kappa shape index (κ1) is 23.6. The molecule has 182 valence electrons. The van der Waals surface area contributed by atoms with E-state index in [1.54, 1.807) is 11.9 Å². The number of aryl methyl sites for hydroxylation is 1. The van der Waals surface area contributed by atoms with Crippen LogP contribution in [-0.4, -0.2) is 61.8 Å². The second kappa shape index (κ2) is 8.37. The summed E-state index contributed by atoms with van der Waals surface area (Å²) < 4.78 is 69.4. The van der Waals surface area contributed by atoms with Gasteiger partial charge >= 0.3 is 6.18 Å². The van der Waals surface area contributed by atoms with Gasteiger partial charge in [-0.15, -0.1) is 0 Å². The maximum Gasteiger partial charge on any atom is 0.419 e. The molecule has 1 aliphatic rings. The number of phenolic OH excluding ortho intramolecular Hbond substituents is 1. The van der Waals surface area contributed by atoms with E-state index < -0.39 is 34.7 Å². The summed E-state index contributed by atoms with van der Waals surface area (Å²) in [7, 11) is 3.26. The maximum absolute atomic E-state index is 14.6. The van der Waals surface area contributed by atoms with Crippen LogP contribution in [0.5, 0.6) is 5.75 Å². The zero-order chi connectivity index (χ0) is 24.9. The SMILES string of the molecule is CC(=O)N1CCC(N(C)c2ncc3c(-c4cc(C(F)(F)F)c(F)c(O)c4F)nn(C)c3n2)CC1. The van der Waals surface area contributed by atoms with Crippen molar-refractivity contribution in [3.63, 3.8) is 0 Å². The molecule has 0 radical (unpaired) electrons. The Kier molecular flexibility index (Phi) is 5.82. The molecule has 2 aromatic heterocycles. The molecule has 13 heteroatoms. The van der Waals surface area contributed by atoms with Gasteiger partial charge in [0.1, 0.15) is 5.69 Å². The lowest BCUT2D eigenvalue weighted by Gasteiger charge is -2.36. The van der Waals surface area contributed by atoms with Crippen LogP contribution in [0.4, 0.5) is 27.9 Å². The zero-order valence-electron chi connectivity index (χ0n) is 18.5. The van der Waals surface area contributed by atoms with E-state index in [1.165, 1.54) is 24.9 Å². The predicted molar refractivity (Wildman–Crippen MR) is 112 cm³/mol. The van der Waals surface area contributed by atoms with Gasteiger partial charge in [0, 0.05) is 51.9 Å². The minimum atomic E-state index is -5.15. The van der Waals surface area contributed by atoms with Gasteiger partial charge in [0.05, 0.1) is 10.9 Å². The summed E-state index contributed by atoms with van der Waals surface area (Å²) >= 11 is 0. The molecule has 0 spiro atoms. The van der Waals surface area contributed by atoms with Gasteiger partial charge in [0.15, 0.2) is 23.0 Å². The molecule has 1 aromatic carbocycles. The number of benzene rings is 1. The molecule has 4 rings (SSSR count). The molecule has 1 fully saturated rings. The fourth-order valence-corrected chi connectivity index (χ4v) is 4.13. The predicted octanol–water partition coefficient (Wildman–Crippen LogP) is 3.48. The summed E-state index contributed by atoms with van der Waals surface area (Å²) in [6.07, 6.45) is -2.45. The highest BCUT2D eigenvalue weighted by Gasteiger charge is 2.38. The van der Waals surface area contributed by atoms with Gasteiger partial charge in [-0.25, -0.2) is 18.4 Å². The largest absolute Gasteiger partial charge is 0.503 e. The van der Waals surface area contributed by atoms with Crippen LogP contribution in [-0.2, 0) is 18.0 Å². The number of likely N-dealkylation sites (tertiary alicyclic amines) is 1. The lowest BCUT2D eigenvalue weighted by Crippen LogP contribution is -2.45. The molecule has 3 heterocycles. The molecule has 1 amide bonds. The van der Waals surface area contributed by atoms with Crippen LogP contribution >= 0.6 is 0 Å². The number of halogens is 5. The van der Waals surface area contributed by atoms with E-state index >= 15 is 0 Å². The average Bonchev–Trinajstić information content (AvgIpc) is 3.12. The Morgan fingerprint density at radius 2 is 1.85 bits per heavy atom. The van der Waals surface area contributed by atoms with Crippen LogP contribution in [0.2, 0.25) is 0 Å². The summed E-state index contributed by atoms with van der Waals surface area (Å²) in [5, 5.41) is 13.8. The third-order valence-corrected chi connectivity index (χ3v) is 6.08. The molecule has 0 bridgehead atoms. The number of carbonyl (C=O) groups is 1. The lowest BCUT2D eigenvalue weighted by atomic mass is 10.0. The number of alkyl halides is 3.